The average Bonchev–Trinajstić information content (AvgIpc) is 2.49. The largest absolute Gasteiger partial charge is 0.472 e. The van der Waals surface area contributed by atoms with Gasteiger partial charge >= 0.3 is 0 Å². The topological polar surface area (TPSA) is 78.3 Å². The summed E-state index contributed by atoms with van der Waals surface area (Å²) in [7, 11) is 0. The molecule has 0 saturated heterocycles. The Morgan fingerprint density at radius 3 is 2.33 bits per heavy atom. The van der Waals surface area contributed by atoms with Gasteiger partial charge in [-0.1, -0.05) is 29.8 Å². The Balaban J connectivity index is 2.51. The lowest BCUT2D eigenvalue weighted by molar-refractivity contribution is -0.114. The molecule has 0 aliphatic carbocycles. The molecule has 4 N–H and O–H groups in total. The Kier molecular flexibility index (Phi) is 2.81. The fourth-order valence-electron chi connectivity index (χ4n) is 2.48. The zero-order valence-electron chi connectivity index (χ0n) is 10.9. The van der Waals surface area contributed by atoms with Gasteiger partial charge in [-0.25, -0.2) is 0 Å². The molecule has 96 valence electrons. The van der Waals surface area contributed by atoms with E-state index in [0.29, 0.717) is 5.57 Å². The fraction of sp³-hybridized carbons (Fsp3) is 0.357. The highest BCUT2D eigenvalue weighted by molar-refractivity contribution is 5.95. The van der Waals surface area contributed by atoms with E-state index >= 15 is 0 Å². The molecule has 0 spiro atoms. The third kappa shape index (κ3) is 1.94. The lowest BCUT2D eigenvalue weighted by atomic mass is 9.80. The van der Waals surface area contributed by atoms with E-state index in [1.165, 1.54) is 0 Å². The molecule has 18 heavy (non-hydrogen) atoms. The van der Waals surface area contributed by atoms with Gasteiger partial charge in [0.15, 0.2) is 5.88 Å². The zero-order valence-corrected chi connectivity index (χ0v) is 10.9. The Morgan fingerprint density at radius 1 is 1.28 bits per heavy atom. The minimum absolute atomic E-state index is 0.137. The van der Waals surface area contributed by atoms with Crippen LogP contribution in [0.4, 0.5) is 0 Å². The van der Waals surface area contributed by atoms with Gasteiger partial charge in [0, 0.05) is 0 Å². The molecule has 1 amide bonds. The van der Waals surface area contributed by atoms with Crippen LogP contribution in [0.2, 0.25) is 0 Å². The van der Waals surface area contributed by atoms with E-state index in [1.54, 1.807) is 0 Å². The van der Waals surface area contributed by atoms with Crippen molar-refractivity contribution >= 4 is 5.91 Å². The van der Waals surface area contributed by atoms with Crippen LogP contribution in [-0.4, -0.2) is 11.5 Å². The summed E-state index contributed by atoms with van der Waals surface area (Å²) in [6.07, 6.45) is 0. The van der Waals surface area contributed by atoms with Crippen molar-refractivity contribution in [2.45, 2.75) is 32.3 Å². The van der Waals surface area contributed by atoms with Crippen LogP contribution in [0.3, 0.4) is 0 Å². The van der Waals surface area contributed by atoms with Gasteiger partial charge in [0.05, 0.1) is 11.5 Å². The Bertz CT molecular complexity index is 515. The first-order valence-corrected chi connectivity index (χ1v) is 5.88. The van der Waals surface area contributed by atoms with Gasteiger partial charge in [-0.2, -0.15) is 0 Å². The van der Waals surface area contributed by atoms with Crippen molar-refractivity contribution in [3.63, 3.8) is 0 Å². The highest BCUT2D eigenvalue weighted by Crippen LogP contribution is 2.44. The number of benzene rings is 1. The molecular weight excluding hydrogens is 228 g/mol. The number of nitrogens with two attached hydrogens (primary N) is 2. The fourth-order valence-corrected chi connectivity index (χ4v) is 2.48. The number of aryl methyl sites for hydroxylation is 1. The van der Waals surface area contributed by atoms with Crippen molar-refractivity contribution in [2.24, 2.45) is 11.5 Å². The molecule has 1 atom stereocenters. The van der Waals surface area contributed by atoms with E-state index in [9.17, 15) is 4.79 Å². The third-order valence-electron chi connectivity index (χ3n) is 3.30. The predicted octanol–water partition coefficient (Wildman–Crippen LogP) is 1.54. The van der Waals surface area contributed by atoms with Crippen LogP contribution in [0.25, 0.3) is 0 Å². The maximum atomic E-state index is 11.6. The summed E-state index contributed by atoms with van der Waals surface area (Å²) in [5.74, 6) is -0.614. The smallest absolute Gasteiger partial charge is 0.250 e. The Morgan fingerprint density at radius 2 is 1.83 bits per heavy atom. The summed E-state index contributed by atoms with van der Waals surface area (Å²) in [5.41, 5.74) is 13.1. The summed E-state index contributed by atoms with van der Waals surface area (Å²) in [5, 5.41) is 0. The number of hydrogen-bond donors (Lipinski definition) is 2. The highest BCUT2D eigenvalue weighted by Gasteiger charge is 2.45. The number of ether oxygens (including phenoxy) is 1. The predicted molar refractivity (Wildman–Crippen MR) is 69.5 cm³/mol. The van der Waals surface area contributed by atoms with Gasteiger partial charge < -0.3 is 16.2 Å². The third-order valence-corrected chi connectivity index (χ3v) is 3.30. The zero-order chi connectivity index (χ0) is 13.5. The molecular formula is C14H18N2O2. The normalized spacial score (nSPS) is 21.8. The second-order valence-electron chi connectivity index (χ2n) is 5.19. The van der Waals surface area contributed by atoms with E-state index in [0.717, 1.165) is 11.1 Å². The van der Waals surface area contributed by atoms with Crippen LogP contribution in [0.5, 0.6) is 0 Å². The Hall–Kier alpha value is -1.97. The number of hydrogen-bond acceptors (Lipinski definition) is 3. The molecule has 1 aromatic rings. The Labute approximate surface area is 107 Å². The van der Waals surface area contributed by atoms with Crippen LogP contribution >= 0.6 is 0 Å². The summed E-state index contributed by atoms with van der Waals surface area (Å²) >= 11 is 0. The molecule has 1 aliphatic rings. The van der Waals surface area contributed by atoms with Gasteiger partial charge in [0.2, 0.25) is 0 Å². The average molecular weight is 246 g/mol. The van der Waals surface area contributed by atoms with Crippen LogP contribution in [0, 0.1) is 6.92 Å². The highest BCUT2D eigenvalue weighted by atomic mass is 16.5. The maximum Gasteiger partial charge on any atom is 0.250 e. The molecule has 0 bridgehead atoms. The SMILES string of the molecule is Cc1ccc(C2C(C(N)=O)=C(N)OC2(C)C)cc1. The summed E-state index contributed by atoms with van der Waals surface area (Å²) < 4.78 is 5.58. The minimum Gasteiger partial charge on any atom is -0.472 e. The molecule has 0 aromatic heterocycles. The first-order valence-electron chi connectivity index (χ1n) is 5.88. The molecule has 1 aliphatic heterocycles. The van der Waals surface area contributed by atoms with Crippen molar-refractivity contribution in [1.82, 2.24) is 0 Å². The molecule has 0 fully saturated rings. The van der Waals surface area contributed by atoms with Crippen LogP contribution in [0.1, 0.15) is 30.9 Å². The van der Waals surface area contributed by atoms with Gasteiger partial charge in [-0.05, 0) is 26.3 Å². The van der Waals surface area contributed by atoms with Gasteiger partial charge in [-0.3, -0.25) is 4.79 Å². The van der Waals surface area contributed by atoms with Gasteiger partial charge in [0.1, 0.15) is 5.60 Å². The number of primary amides is 1. The molecule has 4 heteroatoms. The van der Waals surface area contributed by atoms with E-state index < -0.39 is 11.5 Å². The molecule has 2 rings (SSSR count). The van der Waals surface area contributed by atoms with Crippen molar-refractivity contribution in [3.8, 4) is 0 Å². The summed E-state index contributed by atoms with van der Waals surface area (Å²) in [6, 6.07) is 7.95. The minimum atomic E-state index is -0.566. The first kappa shape index (κ1) is 12.5. The van der Waals surface area contributed by atoms with Crippen LogP contribution < -0.4 is 11.5 Å². The van der Waals surface area contributed by atoms with Crippen LogP contribution in [0.15, 0.2) is 35.7 Å². The summed E-state index contributed by atoms with van der Waals surface area (Å²) in [4.78, 5) is 11.6. The van der Waals surface area contributed by atoms with Gasteiger partial charge in [0.25, 0.3) is 5.91 Å². The lowest BCUT2D eigenvalue weighted by Gasteiger charge is -2.27. The van der Waals surface area contributed by atoms with E-state index in [4.69, 9.17) is 16.2 Å². The quantitative estimate of drug-likeness (QED) is 0.830. The second kappa shape index (κ2) is 4.05. The van der Waals surface area contributed by atoms with Crippen molar-refractivity contribution < 1.29 is 9.53 Å². The molecule has 1 aromatic carbocycles. The number of carbonyl (C=O) groups is 1. The molecule has 0 saturated carbocycles. The lowest BCUT2D eigenvalue weighted by Crippen LogP contribution is -2.31. The molecule has 1 unspecified atom stereocenters. The van der Waals surface area contributed by atoms with Gasteiger partial charge in [-0.15, -0.1) is 0 Å². The molecule has 0 radical (unpaired) electrons. The molecule has 4 nitrogen and oxygen atoms in total. The van der Waals surface area contributed by atoms with E-state index in [1.807, 2.05) is 45.0 Å². The summed E-state index contributed by atoms with van der Waals surface area (Å²) in [6.45, 7) is 5.82. The first-order chi connectivity index (χ1) is 8.33. The number of carbonyl (C=O) groups excluding carboxylic acids is 1. The molecule has 1 heterocycles. The number of rotatable bonds is 2. The standard InChI is InChI=1S/C14H18N2O2/c1-8-4-6-9(7-5-8)11-10(12(15)17)13(16)18-14(11,2)3/h4-7,11H,16H2,1-3H3,(H2,15,17). The van der Waals surface area contributed by atoms with Crippen LogP contribution in [-0.2, 0) is 9.53 Å². The monoisotopic (exact) mass is 246 g/mol. The van der Waals surface area contributed by atoms with Crippen molar-refractivity contribution in [1.29, 1.82) is 0 Å². The number of amides is 1. The van der Waals surface area contributed by atoms with E-state index in [2.05, 4.69) is 0 Å². The maximum absolute atomic E-state index is 11.6. The van der Waals surface area contributed by atoms with Crippen molar-refractivity contribution in [3.05, 3.63) is 46.8 Å². The van der Waals surface area contributed by atoms with Crippen molar-refractivity contribution in [2.75, 3.05) is 0 Å². The van der Waals surface area contributed by atoms with E-state index in [-0.39, 0.29) is 11.8 Å². The second-order valence-corrected chi connectivity index (χ2v) is 5.19.